The van der Waals surface area contributed by atoms with E-state index in [9.17, 15) is 4.79 Å². The van der Waals surface area contributed by atoms with Crippen LogP contribution >= 0.6 is 0 Å². The van der Waals surface area contributed by atoms with Crippen molar-refractivity contribution in [3.8, 4) is 0 Å². The molecule has 3 nitrogen and oxygen atoms in total. The van der Waals surface area contributed by atoms with Gasteiger partial charge >= 0.3 is 5.97 Å². The second kappa shape index (κ2) is 7.26. The third-order valence-electron chi connectivity index (χ3n) is 5.96. The molecule has 1 aliphatic heterocycles. The van der Waals surface area contributed by atoms with Gasteiger partial charge in [0.1, 0.15) is 0 Å². The van der Waals surface area contributed by atoms with E-state index in [2.05, 4.69) is 45.0 Å². The maximum Gasteiger partial charge on any atom is 0.311 e. The lowest BCUT2D eigenvalue weighted by Crippen LogP contribution is -2.32. The Labute approximate surface area is 145 Å². The fourth-order valence-corrected chi connectivity index (χ4v) is 3.95. The van der Waals surface area contributed by atoms with Crippen molar-refractivity contribution < 1.29 is 14.3 Å². The molecule has 1 aromatic carbocycles. The molecule has 0 aromatic heterocycles. The fraction of sp³-hybridized carbons (Fsp3) is 0.667. The average Bonchev–Trinajstić information content (AvgIpc) is 3.38. The molecule has 0 radical (unpaired) electrons. The largest absolute Gasteiger partial charge is 0.465 e. The van der Waals surface area contributed by atoms with Gasteiger partial charge < -0.3 is 9.47 Å². The topological polar surface area (TPSA) is 38.8 Å². The zero-order chi connectivity index (χ0) is 17.2. The van der Waals surface area contributed by atoms with E-state index in [0.29, 0.717) is 30.7 Å². The number of carbonyl (C=O) groups is 1. The highest BCUT2D eigenvalue weighted by molar-refractivity contribution is 5.76. The van der Waals surface area contributed by atoms with Crippen molar-refractivity contribution in [3.05, 3.63) is 35.9 Å². The molecule has 5 atom stereocenters. The maximum atomic E-state index is 12.7. The van der Waals surface area contributed by atoms with Crippen LogP contribution in [0, 0.1) is 11.3 Å². The van der Waals surface area contributed by atoms with Crippen LogP contribution in [0.15, 0.2) is 30.3 Å². The lowest BCUT2D eigenvalue weighted by atomic mass is 9.77. The Hall–Kier alpha value is -1.35. The first-order valence-corrected chi connectivity index (χ1v) is 9.39. The van der Waals surface area contributed by atoms with E-state index < -0.39 is 5.41 Å². The summed E-state index contributed by atoms with van der Waals surface area (Å²) in [6, 6.07) is 10.4. The fourth-order valence-electron chi connectivity index (χ4n) is 3.95. The van der Waals surface area contributed by atoms with Gasteiger partial charge in [0.15, 0.2) is 0 Å². The molecule has 3 rings (SSSR count). The number of hydrogen-bond acceptors (Lipinski definition) is 3. The first-order chi connectivity index (χ1) is 11.5. The normalized spacial score (nSPS) is 29.2. The summed E-state index contributed by atoms with van der Waals surface area (Å²) in [5.74, 6) is 0.788. The van der Waals surface area contributed by atoms with E-state index in [1.54, 1.807) is 0 Å². The Morgan fingerprint density at radius 2 is 2.04 bits per heavy atom. The van der Waals surface area contributed by atoms with Gasteiger partial charge in [-0.05, 0) is 56.4 Å². The zero-order valence-corrected chi connectivity index (χ0v) is 15.2. The summed E-state index contributed by atoms with van der Waals surface area (Å²) in [6.45, 7) is 6.89. The highest BCUT2D eigenvalue weighted by Gasteiger charge is 2.44. The van der Waals surface area contributed by atoms with E-state index in [4.69, 9.17) is 9.47 Å². The molecule has 0 spiro atoms. The molecule has 3 heteroatoms. The first kappa shape index (κ1) is 17.5. The summed E-state index contributed by atoms with van der Waals surface area (Å²) >= 11 is 0. The molecule has 1 saturated carbocycles. The third kappa shape index (κ3) is 4.00. The minimum absolute atomic E-state index is 0.0355. The van der Waals surface area contributed by atoms with Crippen LogP contribution in [-0.2, 0) is 14.3 Å². The monoisotopic (exact) mass is 330 g/mol. The number of esters is 1. The Bertz CT molecular complexity index is 555. The van der Waals surface area contributed by atoms with Gasteiger partial charge in [0, 0.05) is 0 Å². The van der Waals surface area contributed by atoms with Crippen LogP contribution in [0.25, 0.3) is 0 Å². The van der Waals surface area contributed by atoms with Gasteiger partial charge in [-0.1, -0.05) is 44.2 Å². The second-order valence-electron chi connectivity index (χ2n) is 7.92. The van der Waals surface area contributed by atoms with E-state index in [0.717, 1.165) is 32.1 Å². The summed E-state index contributed by atoms with van der Waals surface area (Å²) in [5.41, 5.74) is 0.872. The van der Waals surface area contributed by atoms with Gasteiger partial charge in [-0.15, -0.1) is 0 Å². The van der Waals surface area contributed by atoms with E-state index >= 15 is 0 Å². The minimum Gasteiger partial charge on any atom is -0.465 e. The molecule has 2 fully saturated rings. The number of fused-ring (bicyclic) bond motifs is 1. The van der Waals surface area contributed by atoms with Crippen molar-refractivity contribution in [3.63, 3.8) is 0 Å². The molecule has 0 bridgehead atoms. The smallest absolute Gasteiger partial charge is 0.311 e. The van der Waals surface area contributed by atoms with Crippen LogP contribution < -0.4 is 0 Å². The summed E-state index contributed by atoms with van der Waals surface area (Å²) < 4.78 is 11.3. The predicted octanol–water partition coefficient (Wildman–Crippen LogP) is 4.71. The van der Waals surface area contributed by atoms with Crippen LogP contribution in [0.4, 0.5) is 0 Å². The van der Waals surface area contributed by atoms with Crippen LogP contribution in [0.5, 0.6) is 0 Å². The summed E-state index contributed by atoms with van der Waals surface area (Å²) in [4.78, 5) is 12.7. The predicted molar refractivity (Wildman–Crippen MR) is 94.8 cm³/mol. The third-order valence-corrected chi connectivity index (χ3v) is 5.96. The molecule has 1 aromatic rings. The molecule has 24 heavy (non-hydrogen) atoms. The molecule has 5 unspecified atom stereocenters. The number of hydrogen-bond donors (Lipinski definition) is 0. The van der Waals surface area contributed by atoms with E-state index in [1.165, 1.54) is 5.56 Å². The quantitative estimate of drug-likeness (QED) is 0.537. The standard InChI is InChI=1S/C21H30O3/c1-4-21(3,13-15(2)17-8-6-5-7-9-17)20(22)23-14-16-10-11-18-19(12-16)24-18/h5-9,15-16,18-19H,4,10-14H2,1-3H3. The second-order valence-corrected chi connectivity index (χ2v) is 7.92. The van der Waals surface area contributed by atoms with Gasteiger partial charge in [-0.3, -0.25) is 4.79 Å². The molecule has 2 aliphatic rings. The Morgan fingerprint density at radius 1 is 1.29 bits per heavy atom. The van der Waals surface area contributed by atoms with Crippen molar-refractivity contribution in [1.82, 2.24) is 0 Å². The number of benzene rings is 1. The summed E-state index contributed by atoms with van der Waals surface area (Å²) in [6.07, 6.45) is 5.89. The molecule has 1 heterocycles. The van der Waals surface area contributed by atoms with Gasteiger partial charge in [0.05, 0.1) is 24.2 Å². The van der Waals surface area contributed by atoms with Crippen molar-refractivity contribution in [2.75, 3.05) is 6.61 Å². The molecule has 0 amide bonds. The van der Waals surface area contributed by atoms with Crippen LogP contribution in [0.3, 0.4) is 0 Å². The van der Waals surface area contributed by atoms with E-state index in [1.807, 2.05) is 6.07 Å². The van der Waals surface area contributed by atoms with E-state index in [-0.39, 0.29) is 5.97 Å². The Kier molecular flexibility index (Phi) is 5.29. The highest BCUT2D eigenvalue weighted by atomic mass is 16.6. The molecule has 132 valence electrons. The first-order valence-electron chi connectivity index (χ1n) is 9.39. The minimum atomic E-state index is -0.414. The van der Waals surface area contributed by atoms with Gasteiger partial charge in [0.2, 0.25) is 0 Å². The summed E-state index contributed by atoms with van der Waals surface area (Å²) in [7, 11) is 0. The average molecular weight is 330 g/mol. The van der Waals surface area contributed by atoms with Gasteiger partial charge in [-0.25, -0.2) is 0 Å². The van der Waals surface area contributed by atoms with Crippen molar-refractivity contribution in [2.45, 2.75) is 71.0 Å². The van der Waals surface area contributed by atoms with Crippen LogP contribution in [-0.4, -0.2) is 24.8 Å². The SMILES string of the molecule is CCC(C)(CC(C)c1ccccc1)C(=O)OCC1CCC2OC2C1. The molecule has 1 aliphatic carbocycles. The van der Waals surface area contributed by atoms with Gasteiger partial charge in [-0.2, -0.15) is 0 Å². The number of rotatable bonds is 7. The van der Waals surface area contributed by atoms with Gasteiger partial charge in [0.25, 0.3) is 0 Å². The van der Waals surface area contributed by atoms with Crippen LogP contribution in [0.1, 0.15) is 64.4 Å². The number of epoxide rings is 1. The number of ether oxygens (including phenoxy) is 2. The Morgan fingerprint density at radius 3 is 2.71 bits per heavy atom. The highest BCUT2D eigenvalue weighted by Crippen LogP contribution is 2.40. The number of carbonyl (C=O) groups excluding carboxylic acids is 1. The molecule has 0 N–H and O–H groups in total. The van der Waals surface area contributed by atoms with Crippen molar-refractivity contribution in [1.29, 1.82) is 0 Å². The lowest BCUT2D eigenvalue weighted by Gasteiger charge is -2.30. The maximum absolute atomic E-state index is 12.7. The van der Waals surface area contributed by atoms with Crippen molar-refractivity contribution >= 4 is 5.97 Å². The zero-order valence-electron chi connectivity index (χ0n) is 15.2. The van der Waals surface area contributed by atoms with Crippen LogP contribution in [0.2, 0.25) is 0 Å². The lowest BCUT2D eigenvalue weighted by molar-refractivity contribution is -0.157. The Balaban J connectivity index is 1.53. The molecular weight excluding hydrogens is 300 g/mol. The molecular formula is C21H30O3. The van der Waals surface area contributed by atoms with Crippen molar-refractivity contribution in [2.24, 2.45) is 11.3 Å². The summed E-state index contributed by atoms with van der Waals surface area (Å²) in [5, 5.41) is 0. The molecule has 1 saturated heterocycles.